The van der Waals surface area contributed by atoms with Gasteiger partial charge in [0.25, 0.3) is 5.69 Å². The number of amides is 1. The standard InChI is InChI=1S/C21H23N5O9S/c1-4-34-19(28)17-12(2)24(23-22-17)11-21(3)18(25-15(27)9-16(25)36(21,32)33)20(29)35-10-13-5-7-14(8-6-13)26(30)31/h5-8,16,18H,4,9-11H2,1-3H3/t16-,18+,21+/m1/s1. The third kappa shape index (κ3) is 3.88. The minimum Gasteiger partial charge on any atom is -0.461 e. The van der Waals surface area contributed by atoms with E-state index in [1.165, 1.54) is 42.8 Å². The molecule has 0 spiro atoms. The molecule has 1 aromatic heterocycles. The number of nitro benzene ring substituents is 1. The predicted molar refractivity (Wildman–Crippen MR) is 120 cm³/mol. The molecule has 0 aliphatic carbocycles. The summed E-state index contributed by atoms with van der Waals surface area (Å²) in [5.74, 6) is -2.18. The zero-order valence-electron chi connectivity index (χ0n) is 19.6. The number of nitro groups is 1. The Morgan fingerprint density at radius 1 is 1.25 bits per heavy atom. The lowest BCUT2D eigenvalue weighted by Crippen LogP contribution is -2.58. The molecule has 2 aliphatic rings. The number of hydrogen-bond acceptors (Lipinski definition) is 11. The van der Waals surface area contributed by atoms with E-state index in [-0.39, 0.29) is 43.3 Å². The van der Waals surface area contributed by atoms with Crippen LogP contribution in [0.2, 0.25) is 0 Å². The second kappa shape index (κ2) is 8.96. The lowest BCUT2D eigenvalue weighted by molar-refractivity contribution is -0.384. The number of esters is 2. The quantitative estimate of drug-likeness (QED) is 0.204. The normalized spacial score (nSPS) is 24.1. The first-order chi connectivity index (χ1) is 16.9. The zero-order chi connectivity index (χ0) is 26.4. The van der Waals surface area contributed by atoms with Crippen LogP contribution in [0.4, 0.5) is 5.69 Å². The number of benzene rings is 1. The molecule has 14 nitrogen and oxygen atoms in total. The third-order valence-corrected chi connectivity index (χ3v) is 9.24. The molecule has 3 heterocycles. The molecule has 36 heavy (non-hydrogen) atoms. The van der Waals surface area contributed by atoms with E-state index < -0.39 is 48.8 Å². The van der Waals surface area contributed by atoms with Crippen molar-refractivity contribution >= 4 is 33.4 Å². The van der Waals surface area contributed by atoms with Crippen molar-refractivity contribution in [2.24, 2.45) is 0 Å². The fourth-order valence-corrected chi connectivity index (χ4v) is 6.76. The maximum atomic E-state index is 13.5. The van der Waals surface area contributed by atoms with Crippen LogP contribution in [0, 0.1) is 17.0 Å². The first kappa shape index (κ1) is 25.2. The van der Waals surface area contributed by atoms with Gasteiger partial charge in [0.2, 0.25) is 5.91 Å². The molecule has 4 rings (SSSR count). The predicted octanol–water partition coefficient (Wildman–Crippen LogP) is 0.529. The van der Waals surface area contributed by atoms with Crippen LogP contribution >= 0.6 is 0 Å². The molecule has 3 atom stereocenters. The molecular formula is C21H23N5O9S. The SMILES string of the molecule is CCOC(=O)c1nnn(C[C@@]2(C)[C@H](C(=O)OCc3ccc([N+](=O)[O-])cc3)N3C(=O)C[C@H]3S2(=O)=O)c1C. The van der Waals surface area contributed by atoms with Crippen LogP contribution in [0.5, 0.6) is 0 Å². The Morgan fingerprint density at radius 2 is 1.92 bits per heavy atom. The molecule has 0 N–H and O–H groups in total. The molecule has 1 aromatic carbocycles. The maximum absolute atomic E-state index is 13.5. The van der Waals surface area contributed by atoms with Gasteiger partial charge in [-0.25, -0.2) is 22.7 Å². The van der Waals surface area contributed by atoms with Crippen molar-refractivity contribution in [1.82, 2.24) is 19.9 Å². The topological polar surface area (TPSA) is 181 Å². The van der Waals surface area contributed by atoms with E-state index in [1.54, 1.807) is 6.92 Å². The molecular weight excluding hydrogens is 498 g/mol. The number of ether oxygens (including phenoxy) is 2. The Labute approximate surface area is 205 Å². The van der Waals surface area contributed by atoms with Gasteiger partial charge in [-0.1, -0.05) is 5.21 Å². The highest BCUT2D eigenvalue weighted by molar-refractivity contribution is 7.93. The van der Waals surface area contributed by atoms with Gasteiger partial charge in [-0.3, -0.25) is 14.9 Å². The highest BCUT2D eigenvalue weighted by Crippen LogP contribution is 2.47. The summed E-state index contributed by atoms with van der Waals surface area (Å²) >= 11 is 0. The van der Waals surface area contributed by atoms with E-state index in [4.69, 9.17) is 9.47 Å². The number of carbonyl (C=O) groups excluding carboxylic acids is 3. The zero-order valence-corrected chi connectivity index (χ0v) is 20.4. The Balaban J connectivity index is 1.61. The number of hydrogen-bond donors (Lipinski definition) is 0. The van der Waals surface area contributed by atoms with Gasteiger partial charge in [0, 0.05) is 12.1 Å². The number of rotatable bonds is 8. The monoisotopic (exact) mass is 521 g/mol. The van der Waals surface area contributed by atoms with Gasteiger partial charge in [0.1, 0.15) is 16.7 Å². The lowest BCUT2D eigenvalue weighted by Gasteiger charge is -2.36. The average Bonchev–Trinajstić information content (AvgIpc) is 3.24. The Bertz CT molecular complexity index is 1350. The number of fused-ring (bicyclic) bond motifs is 1. The van der Waals surface area contributed by atoms with Gasteiger partial charge < -0.3 is 14.4 Å². The Kier molecular flexibility index (Phi) is 6.28. The van der Waals surface area contributed by atoms with E-state index >= 15 is 0 Å². The molecule has 2 fully saturated rings. The summed E-state index contributed by atoms with van der Waals surface area (Å²) in [5, 5.41) is 17.3. The van der Waals surface area contributed by atoms with Gasteiger partial charge in [0.05, 0.1) is 30.2 Å². The van der Waals surface area contributed by atoms with Crippen molar-refractivity contribution in [3.8, 4) is 0 Å². The summed E-state index contributed by atoms with van der Waals surface area (Å²) in [6.07, 6.45) is -0.255. The fraction of sp³-hybridized carbons (Fsp3) is 0.476. The van der Waals surface area contributed by atoms with Gasteiger partial charge in [-0.2, -0.15) is 0 Å². The largest absolute Gasteiger partial charge is 0.461 e. The van der Waals surface area contributed by atoms with Crippen LogP contribution < -0.4 is 0 Å². The van der Waals surface area contributed by atoms with Crippen LogP contribution in [0.25, 0.3) is 0 Å². The molecule has 2 aromatic rings. The summed E-state index contributed by atoms with van der Waals surface area (Å²) in [6.45, 7) is 3.92. The number of sulfone groups is 1. The van der Waals surface area contributed by atoms with Gasteiger partial charge in [-0.15, -0.1) is 5.10 Å². The Hall–Kier alpha value is -3.88. The second-order valence-corrected chi connectivity index (χ2v) is 11.2. The van der Waals surface area contributed by atoms with Crippen molar-refractivity contribution < 1.29 is 37.2 Å². The minimum absolute atomic E-state index is 0.0903. The molecule has 0 saturated carbocycles. The number of β-lactam (4-membered cyclic amide) rings is 1. The van der Waals surface area contributed by atoms with Crippen molar-refractivity contribution in [1.29, 1.82) is 0 Å². The molecule has 15 heteroatoms. The number of carbonyl (C=O) groups is 3. The maximum Gasteiger partial charge on any atom is 0.360 e. The lowest BCUT2D eigenvalue weighted by atomic mass is 9.96. The summed E-state index contributed by atoms with van der Waals surface area (Å²) in [4.78, 5) is 48.9. The van der Waals surface area contributed by atoms with Crippen LogP contribution in [-0.4, -0.2) is 73.9 Å². The molecule has 2 saturated heterocycles. The highest BCUT2D eigenvalue weighted by atomic mass is 32.2. The van der Waals surface area contributed by atoms with Crippen LogP contribution in [0.1, 0.15) is 42.0 Å². The third-order valence-electron chi connectivity index (χ3n) is 6.48. The van der Waals surface area contributed by atoms with Crippen LogP contribution in [0.3, 0.4) is 0 Å². The second-order valence-electron chi connectivity index (χ2n) is 8.65. The van der Waals surface area contributed by atoms with Gasteiger partial charge in [0.15, 0.2) is 21.6 Å². The molecule has 0 unspecified atom stereocenters. The van der Waals surface area contributed by atoms with Crippen molar-refractivity contribution in [2.45, 2.75) is 56.5 Å². The van der Waals surface area contributed by atoms with Crippen molar-refractivity contribution in [3.63, 3.8) is 0 Å². The summed E-state index contributed by atoms with van der Waals surface area (Å²) in [6, 6.07) is 3.84. The van der Waals surface area contributed by atoms with E-state index in [0.29, 0.717) is 5.56 Å². The van der Waals surface area contributed by atoms with Gasteiger partial charge in [-0.05, 0) is 38.5 Å². The summed E-state index contributed by atoms with van der Waals surface area (Å²) in [5.41, 5.74) is 0.448. The first-order valence-electron chi connectivity index (χ1n) is 10.9. The molecule has 192 valence electrons. The number of non-ortho nitro benzene ring substituents is 1. The molecule has 0 bridgehead atoms. The highest BCUT2D eigenvalue weighted by Gasteiger charge is 2.70. The van der Waals surface area contributed by atoms with Crippen LogP contribution in [-0.2, 0) is 42.1 Å². The fourth-order valence-electron chi connectivity index (χ4n) is 4.41. The van der Waals surface area contributed by atoms with E-state index in [1.807, 2.05) is 0 Å². The van der Waals surface area contributed by atoms with E-state index in [0.717, 1.165) is 4.90 Å². The van der Waals surface area contributed by atoms with Crippen molar-refractivity contribution in [2.75, 3.05) is 6.61 Å². The van der Waals surface area contributed by atoms with E-state index in [9.17, 15) is 32.9 Å². The molecule has 2 aliphatic heterocycles. The average molecular weight is 522 g/mol. The van der Waals surface area contributed by atoms with Gasteiger partial charge >= 0.3 is 11.9 Å². The van der Waals surface area contributed by atoms with Crippen LogP contribution in [0.15, 0.2) is 24.3 Å². The summed E-state index contributed by atoms with van der Waals surface area (Å²) < 4.78 is 36.6. The van der Waals surface area contributed by atoms with E-state index in [2.05, 4.69) is 10.3 Å². The molecule has 0 radical (unpaired) electrons. The summed E-state index contributed by atoms with van der Waals surface area (Å²) in [7, 11) is -4.06. The first-order valence-corrected chi connectivity index (χ1v) is 12.5. The number of aromatic nitrogens is 3. The number of nitrogens with zero attached hydrogens (tertiary/aromatic N) is 5. The Morgan fingerprint density at radius 3 is 2.50 bits per heavy atom. The van der Waals surface area contributed by atoms with Crippen molar-refractivity contribution in [3.05, 3.63) is 51.3 Å². The smallest absolute Gasteiger partial charge is 0.360 e. The minimum atomic E-state index is -4.06. The molecule has 1 amide bonds.